The Kier molecular flexibility index (Phi) is 7.59. The van der Waals surface area contributed by atoms with Crippen LogP contribution in [0.5, 0.6) is 0 Å². The molecule has 2 fully saturated rings. The molecule has 0 unspecified atom stereocenters. The van der Waals surface area contributed by atoms with Gasteiger partial charge in [0.15, 0.2) is 5.69 Å². The van der Waals surface area contributed by atoms with Crippen molar-refractivity contribution in [1.82, 2.24) is 20.8 Å². The molecule has 0 spiro atoms. The number of halogens is 1. The van der Waals surface area contributed by atoms with Crippen molar-refractivity contribution in [2.24, 2.45) is 0 Å². The smallest absolute Gasteiger partial charge is 0.273 e. The first-order valence-electron chi connectivity index (χ1n) is 11.5. The topological polar surface area (TPSA) is 109 Å². The fraction of sp³-hybridized carbons (Fsp3) is 0.360. The van der Waals surface area contributed by atoms with E-state index in [4.69, 9.17) is 4.52 Å². The van der Waals surface area contributed by atoms with E-state index in [-0.39, 0.29) is 35.8 Å². The summed E-state index contributed by atoms with van der Waals surface area (Å²) in [5.41, 5.74) is 4.81. The highest BCUT2D eigenvalue weighted by atomic mass is 35.5. The van der Waals surface area contributed by atoms with Gasteiger partial charge in [-0.05, 0) is 79.4 Å². The van der Waals surface area contributed by atoms with Crippen LogP contribution in [0.3, 0.4) is 0 Å². The highest BCUT2D eigenvalue weighted by molar-refractivity contribution is 6.07. The van der Waals surface area contributed by atoms with Crippen molar-refractivity contribution < 1.29 is 14.1 Å². The number of nitrogens with zero attached hydrogens (tertiary/aromatic N) is 2. The fourth-order valence-corrected chi connectivity index (χ4v) is 4.62. The predicted octanol–water partition coefficient (Wildman–Crippen LogP) is 4.02. The van der Waals surface area contributed by atoms with Crippen molar-refractivity contribution in [3.63, 3.8) is 0 Å². The molecule has 34 heavy (non-hydrogen) atoms. The number of carbonyl (C=O) groups excluding carboxylic acids is 2. The maximum Gasteiger partial charge on any atom is 0.273 e. The monoisotopic (exact) mass is 481 g/mol. The zero-order valence-corrected chi connectivity index (χ0v) is 19.6. The number of carbonyl (C=O) groups is 2. The number of hydrogen-bond acceptors (Lipinski definition) is 6. The lowest BCUT2D eigenvalue weighted by molar-refractivity contribution is 0.0941. The predicted molar refractivity (Wildman–Crippen MR) is 130 cm³/mol. The van der Waals surface area contributed by atoms with Gasteiger partial charge in [0.25, 0.3) is 11.8 Å². The van der Waals surface area contributed by atoms with Gasteiger partial charge < -0.3 is 20.5 Å². The summed E-state index contributed by atoms with van der Waals surface area (Å²) in [6.07, 6.45) is 8.81. The molecule has 3 heterocycles. The van der Waals surface area contributed by atoms with Crippen molar-refractivity contribution in [1.29, 1.82) is 0 Å². The molecule has 0 atom stereocenters. The summed E-state index contributed by atoms with van der Waals surface area (Å²) in [5.74, 6) is 0.258. The van der Waals surface area contributed by atoms with Crippen LogP contribution < -0.4 is 16.0 Å². The lowest BCUT2D eigenvalue weighted by atomic mass is 9.81. The van der Waals surface area contributed by atoms with Crippen molar-refractivity contribution >= 4 is 29.9 Å². The van der Waals surface area contributed by atoms with Gasteiger partial charge in [0.2, 0.25) is 0 Å². The number of piperidine rings is 1. The van der Waals surface area contributed by atoms with Crippen LogP contribution in [0, 0.1) is 0 Å². The van der Waals surface area contributed by atoms with Gasteiger partial charge in [-0.15, -0.1) is 12.4 Å². The molecule has 1 saturated carbocycles. The molecule has 3 N–H and O–H groups in total. The van der Waals surface area contributed by atoms with Gasteiger partial charge in [0.05, 0.1) is 11.9 Å². The summed E-state index contributed by atoms with van der Waals surface area (Å²) in [5, 5.41) is 13.1. The van der Waals surface area contributed by atoms with Gasteiger partial charge >= 0.3 is 0 Å². The van der Waals surface area contributed by atoms with Crippen LogP contribution in [0.25, 0.3) is 0 Å². The Morgan fingerprint density at radius 3 is 2.53 bits per heavy atom. The van der Waals surface area contributed by atoms with E-state index in [9.17, 15) is 9.59 Å². The molecule has 1 aromatic carbocycles. The summed E-state index contributed by atoms with van der Waals surface area (Å²) in [7, 11) is 0. The van der Waals surface area contributed by atoms with Crippen LogP contribution in [0.2, 0.25) is 0 Å². The number of anilines is 1. The summed E-state index contributed by atoms with van der Waals surface area (Å²) >= 11 is 0. The van der Waals surface area contributed by atoms with Crippen LogP contribution in [0.1, 0.15) is 75.1 Å². The van der Waals surface area contributed by atoms with Gasteiger partial charge in [0, 0.05) is 24.4 Å². The van der Waals surface area contributed by atoms with Gasteiger partial charge in [-0.3, -0.25) is 14.6 Å². The molecule has 8 nitrogen and oxygen atoms in total. The number of amides is 2. The quantitative estimate of drug-likeness (QED) is 0.470. The normalized spacial score (nSPS) is 15.9. The van der Waals surface area contributed by atoms with E-state index in [1.807, 2.05) is 6.07 Å². The molecule has 2 aliphatic rings. The van der Waals surface area contributed by atoms with Gasteiger partial charge in [-0.2, -0.15) is 0 Å². The maximum atomic E-state index is 13.6. The van der Waals surface area contributed by atoms with Crippen molar-refractivity contribution in [2.75, 3.05) is 18.4 Å². The Morgan fingerprint density at radius 1 is 1.03 bits per heavy atom. The third kappa shape index (κ3) is 5.29. The van der Waals surface area contributed by atoms with Gasteiger partial charge in [-0.1, -0.05) is 17.3 Å². The number of benzene rings is 1. The zero-order valence-electron chi connectivity index (χ0n) is 18.8. The molecule has 2 amide bonds. The Hall–Kier alpha value is -3.23. The molecule has 3 aromatic rings. The van der Waals surface area contributed by atoms with E-state index in [2.05, 4.69) is 38.2 Å². The summed E-state index contributed by atoms with van der Waals surface area (Å²) in [6.45, 7) is 2.14. The molecule has 0 radical (unpaired) electrons. The minimum absolute atomic E-state index is 0. The Bertz CT molecular complexity index is 1130. The maximum absolute atomic E-state index is 13.6. The second-order valence-electron chi connectivity index (χ2n) is 8.66. The van der Waals surface area contributed by atoms with E-state index in [0.29, 0.717) is 18.2 Å². The Labute approximate surface area is 204 Å². The molecule has 9 heteroatoms. The first-order valence-corrected chi connectivity index (χ1v) is 11.5. The molecule has 1 aliphatic heterocycles. The van der Waals surface area contributed by atoms with Crippen LogP contribution in [-0.4, -0.2) is 35.0 Å². The second-order valence-corrected chi connectivity index (χ2v) is 8.66. The van der Waals surface area contributed by atoms with Crippen LogP contribution in [0.4, 0.5) is 5.69 Å². The molecule has 178 valence electrons. The fourth-order valence-electron chi connectivity index (χ4n) is 4.62. The summed E-state index contributed by atoms with van der Waals surface area (Å²) in [4.78, 5) is 30.2. The van der Waals surface area contributed by atoms with Gasteiger partial charge in [-0.25, -0.2) is 0 Å². The molecular weight excluding hydrogens is 454 g/mol. The van der Waals surface area contributed by atoms with Crippen molar-refractivity contribution in [3.05, 3.63) is 76.9 Å². The number of pyridine rings is 1. The minimum atomic E-state index is -0.298. The highest BCUT2D eigenvalue weighted by Gasteiger charge is 2.33. The summed E-state index contributed by atoms with van der Waals surface area (Å²) < 4.78 is 4.79. The molecule has 0 bridgehead atoms. The lowest BCUT2D eigenvalue weighted by Crippen LogP contribution is -2.30. The Balaban J connectivity index is 0.00000274. The number of aromatic nitrogens is 2. The van der Waals surface area contributed by atoms with E-state index < -0.39 is 0 Å². The molecule has 2 aromatic heterocycles. The largest absolute Gasteiger partial charge is 0.364 e. The number of hydrogen-bond donors (Lipinski definition) is 3. The first-order chi connectivity index (χ1) is 16.2. The SMILES string of the molecule is Cl.O=C(NCc1ccc(C2CC2)c(C(=O)Nc2cccnc2)c1C1CCNCC1)c1ccon1. The van der Waals surface area contributed by atoms with E-state index >= 15 is 0 Å². The van der Waals surface area contributed by atoms with Crippen molar-refractivity contribution in [2.45, 2.75) is 44.1 Å². The van der Waals surface area contributed by atoms with E-state index in [1.54, 1.807) is 18.5 Å². The Morgan fingerprint density at radius 2 is 1.85 bits per heavy atom. The third-order valence-corrected chi connectivity index (χ3v) is 6.39. The van der Waals surface area contributed by atoms with E-state index in [0.717, 1.165) is 61.0 Å². The standard InChI is InChI=1S/C25H27N5O3.ClH/c31-24(21-9-13-33-30-21)28-14-18-5-6-20(16-3-4-16)23(22(18)17-7-11-26-12-8-17)25(32)29-19-2-1-10-27-15-19;/h1-2,5-6,9-10,13,15-17,26H,3-4,7-8,11-12,14H2,(H,28,31)(H,29,32);1H. The van der Waals surface area contributed by atoms with Crippen LogP contribution in [0.15, 0.2) is 53.5 Å². The van der Waals surface area contributed by atoms with E-state index in [1.165, 1.54) is 12.3 Å². The highest BCUT2D eigenvalue weighted by Crippen LogP contribution is 2.45. The number of rotatable bonds is 7. The first kappa shape index (κ1) is 23.9. The van der Waals surface area contributed by atoms with Crippen LogP contribution in [-0.2, 0) is 6.54 Å². The van der Waals surface area contributed by atoms with Crippen LogP contribution >= 0.6 is 12.4 Å². The average molecular weight is 482 g/mol. The minimum Gasteiger partial charge on any atom is -0.364 e. The zero-order chi connectivity index (χ0) is 22.6. The molecule has 5 rings (SSSR count). The molecule has 1 saturated heterocycles. The third-order valence-electron chi connectivity index (χ3n) is 6.39. The second kappa shape index (κ2) is 10.8. The summed E-state index contributed by atoms with van der Waals surface area (Å²) in [6, 6.07) is 9.33. The average Bonchev–Trinajstić information content (AvgIpc) is 3.55. The molecule has 1 aliphatic carbocycles. The van der Waals surface area contributed by atoms with Gasteiger partial charge in [0.1, 0.15) is 6.26 Å². The number of nitrogens with one attached hydrogen (secondary N) is 3. The van der Waals surface area contributed by atoms with Crippen molar-refractivity contribution in [3.8, 4) is 0 Å². The molecular formula is C25H28ClN5O3. The lowest BCUT2D eigenvalue weighted by Gasteiger charge is -2.29.